The van der Waals surface area contributed by atoms with Crippen molar-refractivity contribution < 1.29 is 0 Å². The summed E-state index contributed by atoms with van der Waals surface area (Å²) in [5.74, 6) is 0. The lowest BCUT2D eigenvalue weighted by molar-refractivity contribution is 0.668. The molecule has 0 amide bonds. The molecule has 78 valence electrons. The van der Waals surface area contributed by atoms with Crippen molar-refractivity contribution in [3.63, 3.8) is 0 Å². The molecule has 1 atom stereocenters. The van der Waals surface area contributed by atoms with Crippen molar-refractivity contribution in [2.75, 3.05) is 0 Å². The smallest absolute Gasteiger partial charge is 0.0413 e. The zero-order valence-electron chi connectivity index (χ0n) is 8.34. The predicted octanol–water partition coefficient (Wildman–Crippen LogP) is 4.18. The predicted molar refractivity (Wildman–Crippen MR) is 64.8 cm³/mol. The highest BCUT2D eigenvalue weighted by molar-refractivity contribution is 9.10. The number of pyridine rings is 1. The van der Waals surface area contributed by atoms with E-state index in [4.69, 9.17) is 11.6 Å². The molecule has 1 heterocycles. The molecular formula is C11H15BrClN. The Morgan fingerprint density at radius 3 is 2.86 bits per heavy atom. The average Bonchev–Trinajstić information content (AvgIpc) is 2.21. The highest BCUT2D eigenvalue weighted by Crippen LogP contribution is 2.13. The van der Waals surface area contributed by atoms with E-state index in [2.05, 4.69) is 33.9 Å². The quantitative estimate of drug-likeness (QED) is 0.735. The molecular weight excluding hydrogens is 261 g/mol. The van der Waals surface area contributed by atoms with Crippen molar-refractivity contribution in [1.29, 1.82) is 0 Å². The lowest BCUT2D eigenvalue weighted by Crippen LogP contribution is -1.98. The molecule has 0 saturated heterocycles. The Bertz CT molecular complexity index is 260. The first kappa shape index (κ1) is 12.0. The Morgan fingerprint density at radius 2 is 2.29 bits per heavy atom. The van der Waals surface area contributed by atoms with E-state index in [1.165, 1.54) is 0 Å². The third kappa shape index (κ3) is 4.43. The van der Waals surface area contributed by atoms with Crippen LogP contribution >= 0.6 is 27.5 Å². The van der Waals surface area contributed by atoms with Gasteiger partial charge in [-0.1, -0.05) is 6.92 Å². The van der Waals surface area contributed by atoms with Gasteiger partial charge in [-0.25, -0.2) is 0 Å². The highest BCUT2D eigenvalue weighted by atomic mass is 79.9. The monoisotopic (exact) mass is 275 g/mol. The lowest BCUT2D eigenvalue weighted by atomic mass is 10.1. The van der Waals surface area contributed by atoms with Crippen LogP contribution in [0.5, 0.6) is 0 Å². The Morgan fingerprint density at radius 1 is 1.50 bits per heavy atom. The number of halogens is 2. The molecule has 0 aliphatic carbocycles. The summed E-state index contributed by atoms with van der Waals surface area (Å²) in [5.41, 5.74) is 1.15. The Balaban J connectivity index is 2.28. The standard InChI is InChI=1S/C11H15BrClN/c1-2-10(13)4-3-5-11-7-6-9(12)8-14-11/h6-8,10H,2-5H2,1H3. The van der Waals surface area contributed by atoms with Crippen molar-refractivity contribution >= 4 is 27.5 Å². The van der Waals surface area contributed by atoms with E-state index >= 15 is 0 Å². The topological polar surface area (TPSA) is 12.9 Å². The van der Waals surface area contributed by atoms with Gasteiger partial charge in [-0.3, -0.25) is 4.98 Å². The zero-order chi connectivity index (χ0) is 10.4. The van der Waals surface area contributed by atoms with Crippen LogP contribution in [0.4, 0.5) is 0 Å². The van der Waals surface area contributed by atoms with Gasteiger partial charge in [-0.05, 0) is 53.7 Å². The van der Waals surface area contributed by atoms with Crippen LogP contribution in [-0.2, 0) is 6.42 Å². The number of hydrogen-bond acceptors (Lipinski definition) is 1. The Hall–Kier alpha value is -0.0800. The second kappa shape index (κ2) is 6.41. The van der Waals surface area contributed by atoms with Crippen LogP contribution in [0.2, 0.25) is 0 Å². The summed E-state index contributed by atoms with van der Waals surface area (Å²) in [6, 6.07) is 4.08. The molecule has 0 radical (unpaired) electrons. The number of aryl methyl sites for hydroxylation is 1. The van der Waals surface area contributed by atoms with Gasteiger partial charge in [0.1, 0.15) is 0 Å². The number of nitrogens with zero attached hydrogens (tertiary/aromatic N) is 1. The summed E-state index contributed by atoms with van der Waals surface area (Å²) in [5, 5.41) is 0.324. The van der Waals surface area contributed by atoms with E-state index in [0.29, 0.717) is 5.38 Å². The molecule has 1 rings (SSSR count). The number of rotatable bonds is 5. The summed E-state index contributed by atoms with van der Waals surface area (Å²) in [6.45, 7) is 2.12. The Kier molecular flexibility index (Phi) is 5.49. The summed E-state index contributed by atoms with van der Waals surface area (Å²) in [4.78, 5) is 4.31. The van der Waals surface area contributed by atoms with E-state index in [-0.39, 0.29) is 0 Å². The van der Waals surface area contributed by atoms with Crippen molar-refractivity contribution in [2.45, 2.75) is 38.0 Å². The molecule has 0 aliphatic rings. The second-order valence-electron chi connectivity index (χ2n) is 3.37. The first-order chi connectivity index (χ1) is 6.72. The third-order valence-corrected chi connectivity index (χ3v) is 3.18. The second-order valence-corrected chi connectivity index (χ2v) is 4.90. The Labute approximate surface area is 99.0 Å². The minimum atomic E-state index is 0.324. The maximum absolute atomic E-state index is 6.03. The summed E-state index contributed by atoms with van der Waals surface area (Å²) in [6.07, 6.45) is 6.12. The van der Waals surface area contributed by atoms with E-state index in [9.17, 15) is 0 Å². The molecule has 1 nitrogen and oxygen atoms in total. The summed E-state index contributed by atoms with van der Waals surface area (Å²) < 4.78 is 1.03. The highest BCUT2D eigenvalue weighted by Gasteiger charge is 2.01. The third-order valence-electron chi connectivity index (χ3n) is 2.18. The molecule has 1 aromatic rings. The average molecular weight is 277 g/mol. The van der Waals surface area contributed by atoms with Crippen LogP contribution in [0.1, 0.15) is 31.9 Å². The van der Waals surface area contributed by atoms with Gasteiger partial charge >= 0.3 is 0 Å². The minimum absolute atomic E-state index is 0.324. The number of hydrogen-bond donors (Lipinski definition) is 0. The van der Waals surface area contributed by atoms with Crippen molar-refractivity contribution in [3.05, 3.63) is 28.5 Å². The van der Waals surface area contributed by atoms with Gasteiger partial charge in [0, 0.05) is 21.7 Å². The van der Waals surface area contributed by atoms with Crippen LogP contribution in [0, 0.1) is 0 Å². The van der Waals surface area contributed by atoms with E-state index < -0.39 is 0 Å². The van der Waals surface area contributed by atoms with Crippen LogP contribution in [0.3, 0.4) is 0 Å². The van der Waals surface area contributed by atoms with Gasteiger partial charge in [0.25, 0.3) is 0 Å². The van der Waals surface area contributed by atoms with Crippen molar-refractivity contribution in [3.8, 4) is 0 Å². The summed E-state index contributed by atoms with van der Waals surface area (Å²) in [7, 11) is 0. The molecule has 0 aromatic carbocycles. The molecule has 0 N–H and O–H groups in total. The molecule has 1 unspecified atom stereocenters. The number of aromatic nitrogens is 1. The molecule has 0 bridgehead atoms. The van der Waals surface area contributed by atoms with E-state index in [1.54, 1.807) is 0 Å². The van der Waals surface area contributed by atoms with Crippen molar-refractivity contribution in [2.24, 2.45) is 0 Å². The van der Waals surface area contributed by atoms with Gasteiger partial charge in [-0.15, -0.1) is 11.6 Å². The fourth-order valence-corrected chi connectivity index (χ4v) is 1.65. The largest absolute Gasteiger partial charge is 0.260 e. The molecule has 1 aromatic heterocycles. The molecule has 0 saturated carbocycles. The van der Waals surface area contributed by atoms with Crippen LogP contribution < -0.4 is 0 Å². The maximum atomic E-state index is 6.03. The van der Waals surface area contributed by atoms with Gasteiger partial charge in [-0.2, -0.15) is 0 Å². The van der Waals surface area contributed by atoms with Crippen LogP contribution in [0.25, 0.3) is 0 Å². The maximum Gasteiger partial charge on any atom is 0.0413 e. The molecule has 0 fully saturated rings. The fraction of sp³-hybridized carbons (Fsp3) is 0.545. The van der Waals surface area contributed by atoms with E-state index in [1.807, 2.05) is 12.3 Å². The normalized spacial score (nSPS) is 12.8. The van der Waals surface area contributed by atoms with Crippen LogP contribution in [0.15, 0.2) is 22.8 Å². The van der Waals surface area contributed by atoms with E-state index in [0.717, 1.165) is 35.8 Å². The SMILES string of the molecule is CCC(Cl)CCCc1ccc(Br)cn1. The van der Waals surface area contributed by atoms with Crippen LogP contribution in [-0.4, -0.2) is 10.4 Å². The van der Waals surface area contributed by atoms with Gasteiger partial charge in [0.15, 0.2) is 0 Å². The minimum Gasteiger partial charge on any atom is -0.260 e. The van der Waals surface area contributed by atoms with Gasteiger partial charge < -0.3 is 0 Å². The fourth-order valence-electron chi connectivity index (χ4n) is 1.26. The van der Waals surface area contributed by atoms with Gasteiger partial charge in [0.2, 0.25) is 0 Å². The van der Waals surface area contributed by atoms with Crippen molar-refractivity contribution in [1.82, 2.24) is 4.98 Å². The summed E-state index contributed by atoms with van der Waals surface area (Å²) >= 11 is 9.39. The molecule has 0 spiro atoms. The first-order valence-electron chi connectivity index (χ1n) is 4.97. The molecule has 0 aliphatic heterocycles. The first-order valence-corrected chi connectivity index (χ1v) is 6.19. The van der Waals surface area contributed by atoms with Gasteiger partial charge in [0.05, 0.1) is 0 Å². The lowest BCUT2D eigenvalue weighted by Gasteiger charge is -2.05. The molecule has 14 heavy (non-hydrogen) atoms. The zero-order valence-corrected chi connectivity index (χ0v) is 10.7. The number of alkyl halides is 1. The molecule has 3 heteroatoms.